The first-order chi connectivity index (χ1) is 7.66. The van der Waals surface area contributed by atoms with Gasteiger partial charge in [0.1, 0.15) is 0 Å². The molecule has 2 N–H and O–H groups in total. The van der Waals surface area contributed by atoms with E-state index in [9.17, 15) is 0 Å². The summed E-state index contributed by atoms with van der Waals surface area (Å²) in [5.41, 5.74) is 7.87. The fraction of sp³-hybridized carbons (Fsp3) is 0.417. The van der Waals surface area contributed by atoms with Gasteiger partial charge in [-0.25, -0.2) is 0 Å². The van der Waals surface area contributed by atoms with Crippen LogP contribution in [-0.2, 0) is 6.42 Å². The SMILES string of the molecule is NC1(CCc2noc3ccc(Cl)cc23)CC1. The van der Waals surface area contributed by atoms with Crippen LogP contribution in [-0.4, -0.2) is 10.7 Å². The van der Waals surface area contributed by atoms with E-state index in [2.05, 4.69) is 5.16 Å². The summed E-state index contributed by atoms with van der Waals surface area (Å²) in [4.78, 5) is 0. The normalized spacial score (nSPS) is 17.9. The molecule has 1 aliphatic carbocycles. The molecule has 0 radical (unpaired) electrons. The van der Waals surface area contributed by atoms with Gasteiger partial charge in [-0.3, -0.25) is 0 Å². The molecule has 0 saturated heterocycles. The lowest BCUT2D eigenvalue weighted by Crippen LogP contribution is -2.22. The maximum Gasteiger partial charge on any atom is 0.167 e. The Morgan fingerprint density at radius 2 is 2.25 bits per heavy atom. The first-order valence-electron chi connectivity index (χ1n) is 5.49. The summed E-state index contributed by atoms with van der Waals surface area (Å²) in [6, 6.07) is 5.56. The second kappa shape index (κ2) is 3.47. The summed E-state index contributed by atoms with van der Waals surface area (Å²) < 4.78 is 5.24. The highest BCUT2D eigenvalue weighted by molar-refractivity contribution is 6.31. The van der Waals surface area contributed by atoms with E-state index in [0.717, 1.165) is 42.3 Å². The Labute approximate surface area is 98.5 Å². The molecule has 1 aliphatic rings. The van der Waals surface area contributed by atoms with Gasteiger partial charge in [-0.2, -0.15) is 0 Å². The van der Waals surface area contributed by atoms with Gasteiger partial charge in [0.15, 0.2) is 5.58 Å². The Kier molecular flexibility index (Phi) is 2.19. The summed E-state index contributed by atoms with van der Waals surface area (Å²) in [7, 11) is 0. The van der Waals surface area contributed by atoms with Crippen LogP contribution >= 0.6 is 11.6 Å². The number of nitrogens with zero attached hydrogens (tertiary/aromatic N) is 1. The van der Waals surface area contributed by atoms with Crippen molar-refractivity contribution >= 4 is 22.6 Å². The topological polar surface area (TPSA) is 52.0 Å². The van der Waals surface area contributed by atoms with Gasteiger partial charge in [-0.15, -0.1) is 0 Å². The van der Waals surface area contributed by atoms with Gasteiger partial charge < -0.3 is 10.3 Å². The Morgan fingerprint density at radius 3 is 3.00 bits per heavy atom. The van der Waals surface area contributed by atoms with Crippen molar-refractivity contribution in [2.75, 3.05) is 0 Å². The number of aromatic nitrogens is 1. The minimum Gasteiger partial charge on any atom is -0.356 e. The van der Waals surface area contributed by atoms with Gasteiger partial charge >= 0.3 is 0 Å². The van der Waals surface area contributed by atoms with Crippen LogP contribution < -0.4 is 5.73 Å². The van der Waals surface area contributed by atoms with Crippen LogP contribution in [0.15, 0.2) is 22.7 Å². The molecule has 4 heteroatoms. The molecule has 2 aromatic rings. The smallest absolute Gasteiger partial charge is 0.167 e. The Bertz CT molecular complexity index is 531. The van der Waals surface area contributed by atoms with Crippen LogP contribution in [0, 0.1) is 0 Å². The van der Waals surface area contributed by atoms with Crippen LogP contribution in [0.3, 0.4) is 0 Å². The van der Waals surface area contributed by atoms with E-state index in [1.807, 2.05) is 18.2 Å². The minimum atomic E-state index is 0.0594. The number of hydrogen-bond acceptors (Lipinski definition) is 3. The lowest BCUT2D eigenvalue weighted by molar-refractivity contribution is 0.441. The predicted molar refractivity (Wildman–Crippen MR) is 63.5 cm³/mol. The molecule has 0 aliphatic heterocycles. The van der Waals surface area contributed by atoms with Crippen LogP contribution in [0.1, 0.15) is 25.0 Å². The van der Waals surface area contributed by atoms with Crippen molar-refractivity contribution in [3.8, 4) is 0 Å². The second-order valence-corrected chi connectivity index (χ2v) is 5.07. The number of rotatable bonds is 3. The summed E-state index contributed by atoms with van der Waals surface area (Å²) in [5.74, 6) is 0. The van der Waals surface area contributed by atoms with E-state index in [4.69, 9.17) is 21.9 Å². The van der Waals surface area contributed by atoms with Gasteiger partial charge in [-0.1, -0.05) is 16.8 Å². The maximum absolute atomic E-state index is 6.05. The van der Waals surface area contributed by atoms with E-state index in [0.29, 0.717) is 5.02 Å². The average molecular weight is 237 g/mol. The van der Waals surface area contributed by atoms with E-state index >= 15 is 0 Å². The largest absolute Gasteiger partial charge is 0.356 e. The molecule has 0 unspecified atom stereocenters. The van der Waals surface area contributed by atoms with Crippen molar-refractivity contribution in [3.05, 3.63) is 28.9 Å². The van der Waals surface area contributed by atoms with Gasteiger partial charge in [0.05, 0.1) is 5.69 Å². The zero-order valence-corrected chi connectivity index (χ0v) is 9.63. The Morgan fingerprint density at radius 1 is 1.44 bits per heavy atom. The van der Waals surface area contributed by atoms with Crippen molar-refractivity contribution in [2.45, 2.75) is 31.2 Å². The highest BCUT2D eigenvalue weighted by Gasteiger charge is 2.37. The molecular weight excluding hydrogens is 224 g/mol. The predicted octanol–water partition coefficient (Wildman–Crippen LogP) is 2.91. The molecule has 84 valence electrons. The number of aryl methyl sites for hydroxylation is 1. The Balaban J connectivity index is 1.88. The second-order valence-electron chi connectivity index (χ2n) is 4.63. The highest BCUT2D eigenvalue weighted by atomic mass is 35.5. The van der Waals surface area contributed by atoms with Crippen molar-refractivity contribution in [2.24, 2.45) is 5.73 Å². The van der Waals surface area contributed by atoms with Gasteiger partial charge in [-0.05, 0) is 43.9 Å². The molecule has 0 amide bonds. The molecule has 3 nitrogen and oxygen atoms in total. The molecular formula is C12H13ClN2O. The monoisotopic (exact) mass is 236 g/mol. The third-order valence-corrected chi connectivity index (χ3v) is 3.49. The van der Waals surface area contributed by atoms with Crippen LogP contribution in [0.25, 0.3) is 11.0 Å². The average Bonchev–Trinajstić information content (AvgIpc) is 2.87. The third-order valence-electron chi connectivity index (χ3n) is 3.26. The number of nitrogens with two attached hydrogens (primary N) is 1. The third kappa shape index (κ3) is 1.81. The van der Waals surface area contributed by atoms with Crippen LogP contribution in [0.5, 0.6) is 0 Å². The molecule has 0 atom stereocenters. The molecule has 1 aromatic heterocycles. The van der Waals surface area contributed by atoms with Gasteiger partial charge in [0.25, 0.3) is 0 Å². The summed E-state index contributed by atoms with van der Waals surface area (Å²) in [6.07, 6.45) is 4.10. The van der Waals surface area contributed by atoms with E-state index in [-0.39, 0.29) is 5.54 Å². The molecule has 1 fully saturated rings. The first kappa shape index (κ1) is 10.1. The zero-order valence-electron chi connectivity index (χ0n) is 8.87. The first-order valence-corrected chi connectivity index (χ1v) is 5.87. The van der Waals surface area contributed by atoms with Crippen LogP contribution in [0.4, 0.5) is 0 Å². The van der Waals surface area contributed by atoms with Crippen molar-refractivity contribution in [3.63, 3.8) is 0 Å². The molecule has 3 rings (SSSR count). The van der Waals surface area contributed by atoms with Crippen molar-refractivity contribution < 1.29 is 4.52 Å². The lowest BCUT2D eigenvalue weighted by atomic mass is 10.1. The van der Waals surface area contributed by atoms with Crippen LogP contribution in [0.2, 0.25) is 5.02 Å². The quantitative estimate of drug-likeness (QED) is 0.892. The highest BCUT2D eigenvalue weighted by Crippen LogP contribution is 2.37. The number of halogens is 1. The molecule has 0 spiro atoms. The fourth-order valence-electron chi connectivity index (χ4n) is 1.92. The van der Waals surface area contributed by atoms with Crippen molar-refractivity contribution in [1.29, 1.82) is 0 Å². The molecule has 1 aromatic carbocycles. The fourth-order valence-corrected chi connectivity index (χ4v) is 2.09. The summed E-state index contributed by atoms with van der Waals surface area (Å²) >= 11 is 5.96. The maximum atomic E-state index is 6.05. The molecule has 1 heterocycles. The molecule has 1 saturated carbocycles. The van der Waals surface area contributed by atoms with E-state index < -0.39 is 0 Å². The minimum absolute atomic E-state index is 0.0594. The summed E-state index contributed by atoms with van der Waals surface area (Å²) in [6.45, 7) is 0. The number of benzene rings is 1. The van der Waals surface area contributed by atoms with Gasteiger partial charge in [0, 0.05) is 15.9 Å². The number of fused-ring (bicyclic) bond motifs is 1. The van der Waals surface area contributed by atoms with Gasteiger partial charge in [0.2, 0.25) is 0 Å². The molecule has 16 heavy (non-hydrogen) atoms. The Hall–Kier alpha value is -1.06. The van der Waals surface area contributed by atoms with E-state index in [1.165, 1.54) is 0 Å². The van der Waals surface area contributed by atoms with Crippen molar-refractivity contribution in [1.82, 2.24) is 5.16 Å². The summed E-state index contributed by atoms with van der Waals surface area (Å²) in [5, 5.41) is 5.80. The standard InChI is InChI=1S/C12H13ClN2O/c13-8-1-2-11-9(7-8)10(15-16-11)3-4-12(14)5-6-12/h1-2,7H,3-6,14H2. The molecule has 0 bridgehead atoms. The zero-order chi connectivity index (χ0) is 11.2. The number of hydrogen-bond donors (Lipinski definition) is 1. The van der Waals surface area contributed by atoms with E-state index in [1.54, 1.807) is 0 Å². The lowest BCUT2D eigenvalue weighted by Gasteiger charge is -2.05.